The quantitative estimate of drug-likeness (QED) is 0.597. The van der Waals surface area contributed by atoms with E-state index in [1.54, 1.807) is 36.4 Å². The molecule has 0 unspecified atom stereocenters. The van der Waals surface area contributed by atoms with Crippen LogP contribution in [0.5, 0.6) is 11.5 Å². The minimum Gasteiger partial charge on any atom is -0.494 e. The van der Waals surface area contributed by atoms with E-state index in [0.717, 1.165) is 0 Å². The molecule has 8 nitrogen and oxygen atoms in total. The maximum Gasteiger partial charge on any atom is 0.257 e. The van der Waals surface area contributed by atoms with Crippen LogP contribution in [0.2, 0.25) is 0 Å². The second-order valence-electron chi connectivity index (χ2n) is 5.97. The van der Waals surface area contributed by atoms with E-state index in [9.17, 15) is 14.4 Å². The number of anilines is 2. The first-order valence-electron chi connectivity index (χ1n) is 8.64. The zero-order valence-electron chi connectivity index (χ0n) is 15.8. The number of hydrogen-bond acceptors (Lipinski definition) is 5. The molecule has 0 fully saturated rings. The summed E-state index contributed by atoms with van der Waals surface area (Å²) in [5.41, 5.74) is 1.19. The molecule has 2 amide bonds. The molecule has 2 aromatic carbocycles. The fourth-order valence-corrected chi connectivity index (χ4v) is 2.62. The summed E-state index contributed by atoms with van der Waals surface area (Å²) in [5, 5.41) is 5.48. The van der Waals surface area contributed by atoms with Crippen LogP contribution >= 0.6 is 0 Å². The summed E-state index contributed by atoms with van der Waals surface area (Å²) in [5.74, 6) is -0.0857. The molecule has 0 aliphatic rings. The van der Waals surface area contributed by atoms with Crippen molar-refractivity contribution in [3.05, 3.63) is 82.3 Å². The van der Waals surface area contributed by atoms with Crippen LogP contribution in [0, 0.1) is 0 Å². The molecular weight excluding hydrogens is 374 g/mol. The van der Waals surface area contributed by atoms with Gasteiger partial charge in [-0.05, 0) is 18.2 Å². The zero-order chi connectivity index (χ0) is 20.8. The van der Waals surface area contributed by atoms with Gasteiger partial charge in [0.2, 0.25) is 5.56 Å². The number of ether oxygens (including phenoxy) is 2. The number of pyridine rings is 1. The molecule has 29 heavy (non-hydrogen) atoms. The number of methoxy groups -OCH3 is 2. The van der Waals surface area contributed by atoms with Crippen LogP contribution in [-0.2, 0) is 0 Å². The van der Waals surface area contributed by atoms with Gasteiger partial charge in [-0.2, -0.15) is 0 Å². The average molecular weight is 393 g/mol. The first kappa shape index (κ1) is 19.7. The molecule has 1 heterocycles. The van der Waals surface area contributed by atoms with Crippen molar-refractivity contribution >= 4 is 23.2 Å². The minimum absolute atomic E-state index is 0.270. The van der Waals surface area contributed by atoms with Crippen LogP contribution in [0.3, 0.4) is 0 Å². The van der Waals surface area contributed by atoms with Crippen molar-refractivity contribution in [3.63, 3.8) is 0 Å². The fourth-order valence-electron chi connectivity index (χ4n) is 2.62. The third-order valence-electron chi connectivity index (χ3n) is 4.10. The van der Waals surface area contributed by atoms with Crippen molar-refractivity contribution in [3.8, 4) is 11.5 Å². The monoisotopic (exact) mass is 393 g/mol. The van der Waals surface area contributed by atoms with Gasteiger partial charge < -0.3 is 25.1 Å². The molecule has 0 aliphatic carbocycles. The molecule has 8 heteroatoms. The number of hydrogen-bond donors (Lipinski definition) is 3. The molecule has 0 saturated heterocycles. The number of H-pyrrole nitrogens is 1. The summed E-state index contributed by atoms with van der Waals surface area (Å²) in [6, 6.07) is 14.5. The summed E-state index contributed by atoms with van der Waals surface area (Å²) < 4.78 is 10.7. The SMILES string of the molecule is COc1cc(NC(=O)c2ccc(=O)[nH]c2)c(OC)cc1NC(=O)c1ccccc1. The van der Waals surface area contributed by atoms with Crippen molar-refractivity contribution in [1.29, 1.82) is 0 Å². The number of aromatic amines is 1. The maximum absolute atomic E-state index is 12.5. The van der Waals surface area contributed by atoms with Crippen LogP contribution < -0.4 is 25.7 Å². The predicted octanol–water partition coefficient (Wildman–Crippen LogP) is 2.90. The van der Waals surface area contributed by atoms with Gasteiger partial charge in [0.1, 0.15) is 11.5 Å². The van der Waals surface area contributed by atoms with Gasteiger partial charge in [-0.1, -0.05) is 18.2 Å². The molecule has 0 aliphatic heterocycles. The molecular formula is C21H19N3O5. The van der Waals surface area contributed by atoms with Gasteiger partial charge >= 0.3 is 0 Å². The Morgan fingerprint density at radius 1 is 0.793 bits per heavy atom. The van der Waals surface area contributed by atoms with Gasteiger partial charge in [0.25, 0.3) is 11.8 Å². The molecule has 3 rings (SSSR count). The Morgan fingerprint density at radius 2 is 1.34 bits per heavy atom. The molecule has 0 spiro atoms. The highest BCUT2D eigenvalue weighted by atomic mass is 16.5. The number of nitrogens with one attached hydrogen (secondary N) is 3. The number of carbonyl (C=O) groups excluding carboxylic acids is 2. The minimum atomic E-state index is -0.442. The standard InChI is InChI=1S/C21H19N3O5/c1-28-17-11-16(24-21(27)14-8-9-19(25)22-12-14)18(29-2)10-15(17)23-20(26)13-6-4-3-5-7-13/h3-12H,1-2H3,(H,22,25)(H,23,26)(H,24,27). The van der Waals surface area contributed by atoms with Crippen LogP contribution in [0.15, 0.2) is 65.6 Å². The largest absolute Gasteiger partial charge is 0.494 e. The molecule has 3 aromatic rings. The van der Waals surface area contributed by atoms with E-state index >= 15 is 0 Å². The van der Waals surface area contributed by atoms with Gasteiger partial charge in [0.15, 0.2) is 0 Å². The number of amides is 2. The molecule has 0 saturated carbocycles. The van der Waals surface area contributed by atoms with Gasteiger partial charge in [0, 0.05) is 30.0 Å². The van der Waals surface area contributed by atoms with Crippen molar-refractivity contribution in [2.75, 3.05) is 24.9 Å². The Hall–Kier alpha value is -4.07. The Balaban J connectivity index is 1.87. The van der Waals surface area contributed by atoms with Crippen LogP contribution in [0.1, 0.15) is 20.7 Å². The van der Waals surface area contributed by atoms with E-state index in [-0.39, 0.29) is 17.0 Å². The Morgan fingerprint density at radius 3 is 1.83 bits per heavy atom. The van der Waals surface area contributed by atoms with Gasteiger partial charge in [-0.15, -0.1) is 0 Å². The molecule has 0 bridgehead atoms. The van der Waals surface area contributed by atoms with Crippen molar-refractivity contribution in [2.45, 2.75) is 0 Å². The van der Waals surface area contributed by atoms with Crippen molar-refractivity contribution in [2.24, 2.45) is 0 Å². The topological polar surface area (TPSA) is 110 Å². The van der Waals surface area contributed by atoms with Crippen LogP contribution in [-0.4, -0.2) is 31.0 Å². The highest BCUT2D eigenvalue weighted by Crippen LogP contribution is 2.36. The van der Waals surface area contributed by atoms with E-state index in [1.807, 2.05) is 6.07 Å². The maximum atomic E-state index is 12.5. The second-order valence-corrected chi connectivity index (χ2v) is 5.97. The number of carbonyl (C=O) groups is 2. The summed E-state index contributed by atoms with van der Waals surface area (Å²) in [4.78, 5) is 38.5. The first-order valence-corrected chi connectivity index (χ1v) is 8.64. The highest BCUT2D eigenvalue weighted by molar-refractivity contribution is 6.07. The van der Waals surface area contributed by atoms with Gasteiger partial charge in [-0.3, -0.25) is 14.4 Å². The summed E-state index contributed by atoms with van der Waals surface area (Å²) in [6.45, 7) is 0. The summed E-state index contributed by atoms with van der Waals surface area (Å²) in [6.07, 6.45) is 1.32. The molecule has 1 aromatic heterocycles. The average Bonchev–Trinajstić information content (AvgIpc) is 2.75. The number of rotatable bonds is 6. The zero-order valence-corrected chi connectivity index (χ0v) is 15.8. The lowest BCUT2D eigenvalue weighted by atomic mass is 10.2. The number of benzene rings is 2. The Labute approximate surface area is 166 Å². The van der Waals surface area contributed by atoms with Crippen molar-refractivity contribution in [1.82, 2.24) is 4.98 Å². The second kappa shape index (κ2) is 8.75. The fraction of sp³-hybridized carbons (Fsp3) is 0.0952. The Bertz CT molecular complexity index is 1070. The summed E-state index contributed by atoms with van der Waals surface area (Å²) in [7, 11) is 2.90. The summed E-state index contributed by atoms with van der Waals surface area (Å²) >= 11 is 0. The van der Waals surface area contributed by atoms with Gasteiger partial charge in [-0.25, -0.2) is 0 Å². The predicted molar refractivity (Wildman–Crippen MR) is 109 cm³/mol. The lowest BCUT2D eigenvalue weighted by Gasteiger charge is -2.16. The van der Waals surface area contributed by atoms with E-state index in [4.69, 9.17) is 9.47 Å². The molecule has 148 valence electrons. The first-order chi connectivity index (χ1) is 14.0. The third kappa shape index (κ3) is 4.62. The lowest BCUT2D eigenvalue weighted by molar-refractivity contribution is 0.101. The molecule has 0 radical (unpaired) electrons. The normalized spacial score (nSPS) is 10.1. The highest BCUT2D eigenvalue weighted by Gasteiger charge is 2.17. The molecule has 3 N–H and O–H groups in total. The lowest BCUT2D eigenvalue weighted by Crippen LogP contribution is -2.16. The van der Waals surface area contributed by atoms with E-state index in [0.29, 0.717) is 28.4 Å². The molecule has 0 atom stereocenters. The van der Waals surface area contributed by atoms with Gasteiger partial charge in [0.05, 0.1) is 31.2 Å². The van der Waals surface area contributed by atoms with E-state index < -0.39 is 5.91 Å². The number of aromatic nitrogens is 1. The van der Waals surface area contributed by atoms with E-state index in [1.165, 1.54) is 32.5 Å². The van der Waals surface area contributed by atoms with E-state index in [2.05, 4.69) is 15.6 Å². The van der Waals surface area contributed by atoms with Crippen LogP contribution in [0.4, 0.5) is 11.4 Å². The third-order valence-corrected chi connectivity index (χ3v) is 4.10. The Kier molecular flexibility index (Phi) is 5.94. The van der Waals surface area contributed by atoms with Crippen LogP contribution in [0.25, 0.3) is 0 Å². The smallest absolute Gasteiger partial charge is 0.257 e. The van der Waals surface area contributed by atoms with Crippen molar-refractivity contribution < 1.29 is 19.1 Å².